The maximum atomic E-state index is 10.3. The Balaban J connectivity index is 2.44. The fraction of sp³-hybridized carbons (Fsp3) is 0.154. The van der Waals surface area contributed by atoms with Gasteiger partial charge in [0.1, 0.15) is 6.10 Å². The number of nitrogens with two attached hydrogens (primary N) is 1. The number of pyridine rings is 1. The van der Waals surface area contributed by atoms with E-state index in [9.17, 15) is 5.11 Å². The molecule has 2 rings (SSSR count). The third-order valence-electron chi connectivity index (χ3n) is 2.69. The van der Waals surface area contributed by atoms with Crippen LogP contribution in [0.5, 0.6) is 0 Å². The van der Waals surface area contributed by atoms with Crippen LogP contribution in [0.1, 0.15) is 22.8 Å². The normalized spacial score (nSPS) is 12.4. The van der Waals surface area contributed by atoms with Gasteiger partial charge in [0.05, 0.1) is 0 Å². The Morgan fingerprint density at radius 1 is 1.29 bits per heavy atom. The number of nitrogen functional groups attached to an aromatic ring is 1. The molecular formula is C13H13ClN2O. The van der Waals surface area contributed by atoms with Crippen LogP contribution in [0.2, 0.25) is 5.02 Å². The molecule has 0 fully saturated rings. The van der Waals surface area contributed by atoms with Crippen molar-refractivity contribution in [2.24, 2.45) is 0 Å². The zero-order chi connectivity index (χ0) is 12.4. The number of aromatic nitrogens is 1. The number of hydrogen-bond donors (Lipinski definition) is 2. The molecule has 88 valence electrons. The van der Waals surface area contributed by atoms with Crippen LogP contribution in [0.25, 0.3) is 0 Å². The molecule has 1 atom stereocenters. The highest BCUT2D eigenvalue weighted by molar-refractivity contribution is 6.31. The summed E-state index contributed by atoms with van der Waals surface area (Å²) < 4.78 is 0. The van der Waals surface area contributed by atoms with Gasteiger partial charge >= 0.3 is 0 Å². The van der Waals surface area contributed by atoms with Crippen LogP contribution in [0.3, 0.4) is 0 Å². The first-order valence-electron chi connectivity index (χ1n) is 5.23. The SMILES string of the molecule is Cc1ccncc1C(O)c1ccc(N)cc1Cl. The molecule has 17 heavy (non-hydrogen) atoms. The minimum Gasteiger partial charge on any atom is -0.399 e. The summed E-state index contributed by atoms with van der Waals surface area (Å²) >= 11 is 6.07. The summed E-state index contributed by atoms with van der Waals surface area (Å²) in [5.41, 5.74) is 8.55. The maximum absolute atomic E-state index is 10.3. The number of hydrogen-bond acceptors (Lipinski definition) is 3. The van der Waals surface area contributed by atoms with Crippen molar-refractivity contribution in [3.8, 4) is 0 Å². The highest BCUT2D eigenvalue weighted by Gasteiger charge is 2.15. The average Bonchev–Trinajstić information content (AvgIpc) is 2.29. The van der Waals surface area contributed by atoms with Crippen molar-refractivity contribution in [2.45, 2.75) is 13.0 Å². The van der Waals surface area contributed by atoms with Gasteiger partial charge < -0.3 is 10.8 Å². The first-order valence-corrected chi connectivity index (χ1v) is 5.61. The number of halogens is 1. The Morgan fingerprint density at radius 2 is 2.06 bits per heavy atom. The van der Waals surface area contributed by atoms with E-state index in [0.29, 0.717) is 16.3 Å². The lowest BCUT2D eigenvalue weighted by atomic mass is 9.99. The maximum Gasteiger partial charge on any atom is 0.107 e. The van der Waals surface area contributed by atoms with Gasteiger partial charge in [0.25, 0.3) is 0 Å². The van der Waals surface area contributed by atoms with Gasteiger partial charge in [-0.25, -0.2) is 0 Å². The second-order valence-electron chi connectivity index (χ2n) is 3.92. The van der Waals surface area contributed by atoms with Crippen LogP contribution >= 0.6 is 11.6 Å². The molecule has 0 bridgehead atoms. The smallest absolute Gasteiger partial charge is 0.107 e. The Hall–Kier alpha value is -1.58. The second kappa shape index (κ2) is 4.73. The minimum absolute atomic E-state index is 0.459. The molecule has 0 aliphatic carbocycles. The van der Waals surface area contributed by atoms with Crippen molar-refractivity contribution in [1.29, 1.82) is 0 Å². The molecule has 0 saturated heterocycles. The predicted octanol–water partition coefficient (Wildman–Crippen LogP) is 2.71. The van der Waals surface area contributed by atoms with E-state index < -0.39 is 6.10 Å². The molecule has 1 unspecified atom stereocenters. The van der Waals surface area contributed by atoms with Gasteiger partial charge in [-0.2, -0.15) is 0 Å². The molecule has 4 heteroatoms. The van der Waals surface area contributed by atoms with Crippen LogP contribution in [0, 0.1) is 6.92 Å². The number of nitrogens with zero attached hydrogens (tertiary/aromatic N) is 1. The summed E-state index contributed by atoms with van der Waals surface area (Å²) in [6.45, 7) is 1.92. The summed E-state index contributed by atoms with van der Waals surface area (Å²) in [7, 11) is 0. The summed E-state index contributed by atoms with van der Waals surface area (Å²) in [5, 5.41) is 10.7. The van der Waals surface area contributed by atoms with Crippen molar-refractivity contribution in [2.75, 3.05) is 5.73 Å². The van der Waals surface area contributed by atoms with Crippen molar-refractivity contribution in [1.82, 2.24) is 4.98 Å². The zero-order valence-electron chi connectivity index (χ0n) is 9.39. The third kappa shape index (κ3) is 2.40. The van der Waals surface area contributed by atoms with E-state index in [2.05, 4.69) is 4.98 Å². The van der Waals surface area contributed by atoms with Crippen LogP contribution in [0.4, 0.5) is 5.69 Å². The van der Waals surface area contributed by atoms with Crippen LogP contribution in [-0.2, 0) is 0 Å². The van der Waals surface area contributed by atoms with E-state index in [1.165, 1.54) is 0 Å². The van der Waals surface area contributed by atoms with Gasteiger partial charge in [0, 0.05) is 34.2 Å². The molecule has 3 nitrogen and oxygen atoms in total. The molecule has 1 aromatic heterocycles. The van der Waals surface area contributed by atoms with E-state index in [-0.39, 0.29) is 0 Å². The van der Waals surface area contributed by atoms with Gasteiger partial charge in [-0.15, -0.1) is 0 Å². The lowest BCUT2D eigenvalue weighted by molar-refractivity contribution is 0.219. The van der Waals surface area contributed by atoms with Gasteiger partial charge in [-0.05, 0) is 30.7 Å². The van der Waals surface area contributed by atoms with Crippen molar-refractivity contribution < 1.29 is 5.11 Å². The molecule has 0 aliphatic heterocycles. The third-order valence-corrected chi connectivity index (χ3v) is 3.02. The quantitative estimate of drug-likeness (QED) is 0.804. The molecule has 0 saturated carbocycles. The Labute approximate surface area is 105 Å². The predicted molar refractivity (Wildman–Crippen MR) is 68.9 cm³/mol. The Morgan fingerprint density at radius 3 is 2.71 bits per heavy atom. The van der Waals surface area contributed by atoms with E-state index in [1.54, 1.807) is 30.6 Å². The summed E-state index contributed by atoms with van der Waals surface area (Å²) in [5.74, 6) is 0. The Bertz CT molecular complexity index is 543. The lowest BCUT2D eigenvalue weighted by Crippen LogP contribution is -2.03. The highest BCUT2D eigenvalue weighted by atomic mass is 35.5. The highest BCUT2D eigenvalue weighted by Crippen LogP contribution is 2.30. The molecule has 3 N–H and O–H groups in total. The lowest BCUT2D eigenvalue weighted by Gasteiger charge is -2.15. The van der Waals surface area contributed by atoms with Crippen LogP contribution in [-0.4, -0.2) is 10.1 Å². The first-order chi connectivity index (χ1) is 8.09. The fourth-order valence-electron chi connectivity index (χ4n) is 1.70. The zero-order valence-corrected chi connectivity index (χ0v) is 10.1. The summed E-state index contributed by atoms with van der Waals surface area (Å²) in [4.78, 5) is 4.01. The second-order valence-corrected chi connectivity index (χ2v) is 4.32. The van der Waals surface area contributed by atoms with Gasteiger partial charge in [0.15, 0.2) is 0 Å². The van der Waals surface area contributed by atoms with E-state index >= 15 is 0 Å². The molecule has 0 radical (unpaired) electrons. The Kier molecular flexibility index (Phi) is 3.31. The fourth-order valence-corrected chi connectivity index (χ4v) is 1.99. The standard InChI is InChI=1S/C13H13ClN2O/c1-8-4-5-16-7-11(8)13(17)10-3-2-9(15)6-12(10)14/h2-7,13,17H,15H2,1H3. The summed E-state index contributed by atoms with van der Waals surface area (Å²) in [6, 6.07) is 6.93. The molecule has 0 amide bonds. The number of benzene rings is 1. The minimum atomic E-state index is -0.781. The molecule has 2 aromatic rings. The number of anilines is 1. The van der Waals surface area contributed by atoms with Gasteiger partial charge in [0.2, 0.25) is 0 Å². The largest absolute Gasteiger partial charge is 0.399 e. The molecule has 1 aromatic carbocycles. The molecular weight excluding hydrogens is 236 g/mol. The average molecular weight is 249 g/mol. The molecule has 1 heterocycles. The monoisotopic (exact) mass is 248 g/mol. The molecule has 0 spiro atoms. The number of aryl methyl sites for hydroxylation is 1. The van der Waals surface area contributed by atoms with E-state index in [4.69, 9.17) is 17.3 Å². The first kappa shape index (κ1) is 11.9. The topological polar surface area (TPSA) is 59.1 Å². The molecule has 0 aliphatic rings. The van der Waals surface area contributed by atoms with Crippen molar-refractivity contribution in [3.05, 3.63) is 58.4 Å². The van der Waals surface area contributed by atoms with Crippen LogP contribution < -0.4 is 5.73 Å². The van der Waals surface area contributed by atoms with E-state index in [1.807, 2.05) is 13.0 Å². The van der Waals surface area contributed by atoms with E-state index in [0.717, 1.165) is 11.1 Å². The number of aliphatic hydroxyl groups excluding tert-OH is 1. The van der Waals surface area contributed by atoms with Gasteiger partial charge in [-0.3, -0.25) is 4.98 Å². The summed E-state index contributed by atoms with van der Waals surface area (Å²) in [6.07, 6.45) is 2.56. The van der Waals surface area contributed by atoms with Crippen LogP contribution in [0.15, 0.2) is 36.7 Å². The number of rotatable bonds is 2. The van der Waals surface area contributed by atoms with Gasteiger partial charge in [-0.1, -0.05) is 17.7 Å². The van der Waals surface area contributed by atoms with Crippen molar-refractivity contribution >= 4 is 17.3 Å². The van der Waals surface area contributed by atoms with Crippen molar-refractivity contribution in [3.63, 3.8) is 0 Å². The number of aliphatic hydroxyl groups is 1.